The van der Waals surface area contributed by atoms with Crippen LogP contribution in [-0.2, 0) is 4.79 Å². The quantitative estimate of drug-likeness (QED) is 0.586. The molecule has 0 aromatic carbocycles. The highest BCUT2D eigenvalue weighted by molar-refractivity contribution is 5.79. The van der Waals surface area contributed by atoms with E-state index < -0.39 is 0 Å². The van der Waals surface area contributed by atoms with E-state index >= 15 is 0 Å². The number of hydrogen-bond donors (Lipinski definition) is 0. The van der Waals surface area contributed by atoms with Gasteiger partial charge in [-0.1, -0.05) is 13.8 Å². The first-order chi connectivity index (χ1) is 5.66. The van der Waals surface area contributed by atoms with Gasteiger partial charge in [0.1, 0.15) is 6.04 Å². The summed E-state index contributed by atoms with van der Waals surface area (Å²) in [4.78, 5) is 13.2. The monoisotopic (exact) mass is 166 g/mol. The van der Waals surface area contributed by atoms with E-state index in [2.05, 4.69) is 6.07 Å². The lowest BCUT2D eigenvalue weighted by Gasteiger charge is -2.21. The lowest BCUT2D eigenvalue weighted by atomic mass is 10.1. The van der Waals surface area contributed by atoms with Gasteiger partial charge in [0, 0.05) is 12.5 Å². The zero-order valence-corrected chi connectivity index (χ0v) is 7.58. The van der Waals surface area contributed by atoms with E-state index in [-0.39, 0.29) is 17.9 Å². The molecule has 66 valence electrons. The van der Waals surface area contributed by atoms with Crippen molar-refractivity contribution in [1.82, 2.24) is 4.90 Å². The second-order valence-electron chi connectivity index (χ2n) is 3.47. The molecule has 0 N–H and O–H groups in total. The Morgan fingerprint density at radius 2 is 2.33 bits per heavy atom. The molecule has 0 saturated carbocycles. The number of carbonyl (C=O) groups is 1. The minimum atomic E-state index is -0.167. The van der Waals surface area contributed by atoms with Gasteiger partial charge >= 0.3 is 0 Å². The van der Waals surface area contributed by atoms with Crippen molar-refractivity contribution in [3.05, 3.63) is 0 Å². The van der Waals surface area contributed by atoms with Crippen molar-refractivity contribution < 1.29 is 4.79 Å². The normalized spacial score (nSPS) is 22.8. The minimum Gasteiger partial charge on any atom is -0.326 e. The first-order valence-electron chi connectivity index (χ1n) is 4.37. The van der Waals surface area contributed by atoms with E-state index in [0.29, 0.717) is 0 Å². The Kier molecular flexibility index (Phi) is 2.69. The Bertz CT molecular complexity index is 217. The van der Waals surface area contributed by atoms with Gasteiger partial charge in [-0.3, -0.25) is 4.79 Å². The molecule has 1 fully saturated rings. The van der Waals surface area contributed by atoms with Gasteiger partial charge in [-0.15, -0.1) is 0 Å². The number of nitriles is 1. The molecule has 0 aromatic rings. The van der Waals surface area contributed by atoms with Crippen LogP contribution in [0.3, 0.4) is 0 Å². The fourth-order valence-corrected chi connectivity index (χ4v) is 1.50. The summed E-state index contributed by atoms with van der Waals surface area (Å²) in [5, 5.41) is 8.72. The van der Waals surface area contributed by atoms with Gasteiger partial charge in [0.2, 0.25) is 5.91 Å². The van der Waals surface area contributed by atoms with Crippen molar-refractivity contribution in [2.24, 2.45) is 5.92 Å². The average molecular weight is 166 g/mol. The molecule has 12 heavy (non-hydrogen) atoms. The van der Waals surface area contributed by atoms with Crippen LogP contribution < -0.4 is 0 Å². The number of hydrogen-bond acceptors (Lipinski definition) is 2. The zero-order chi connectivity index (χ0) is 9.14. The van der Waals surface area contributed by atoms with Crippen molar-refractivity contribution in [2.45, 2.75) is 32.7 Å². The molecule has 0 aromatic heterocycles. The molecular formula is C9H14N2O. The number of carbonyl (C=O) groups excluding carboxylic acids is 1. The van der Waals surface area contributed by atoms with Crippen LogP contribution >= 0.6 is 0 Å². The zero-order valence-electron chi connectivity index (χ0n) is 7.58. The second kappa shape index (κ2) is 3.57. The van der Waals surface area contributed by atoms with Gasteiger partial charge in [-0.2, -0.15) is 5.26 Å². The van der Waals surface area contributed by atoms with Crippen LogP contribution in [0, 0.1) is 17.2 Å². The molecule has 0 aliphatic carbocycles. The maximum absolute atomic E-state index is 11.5. The Labute approximate surface area is 73.0 Å². The third kappa shape index (κ3) is 1.58. The summed E-state index contributed by atoms with van der Waals surface area (Å²) >= 11 is 0. The standard InChI is InChI=1S/C9H14N2O/c1-7(2)9(12)11-5-3-4-8(11)6-10/h7-8H,3-5H2,1-2H3/t8-/m0/s1. The van der Waals surface area contributed by atoms with Gasteiger partial charge in [0.05, 0.1) is 6.07 Å². The average Bonchev–Trinajstić information content (AvgIpc) is 2.49. The van der Waals surface area contributed by atoms with Crippen LogP contribution in [0.15, 0.2) is 0 Å². The maximum atomic E-state index is 11.5. The van der Waals surface area contributed by atoms with Gasteiger partial charge in [-0.05, 0) is 12.8 Å². The molecular weight excluding hydrogens is 152 g/mol. The van der Waals surface area contributed by atoms with Crippen molar-refractivity contribution in [1.29, 1.82) is 5.26 Å². The highest BCUT2D eigenvalue weighted by Gasteiger charge is 2.29. The molecule has 1 heterocycles. The van der Waals surface area contributed by atoms with E-state index in [4.69, 9.17) is 5.26 Å². The number of rotatable bonds is 1. The molecule has 1 rings (SSSR count). The molecule has 0 unspecified atom stereocenters. The second-order valence-corrected chi connectivity index (χ2v) is 3.47. The summed E-state index contributed by atoms with van der Waals surface area (Å²) in [6.45, 7) is 4.50. The predicted octanol–water partition coefficient (Wildman–Crippen LogP) is 1.16. The summed E-state index contributed by atoms with van der Waals surface area (Å²) in [6, 6.07) is 1.99. The lowest BCUT2D eigenvalue weighted by molar-refractivity contribution is -0.134. The molecule has 3 heteroatoms. The van der Waals surface area contributed by atoms with Crippen LogP contribution in [0.4, 0.5) is 0 Å². The van der Waals surface area contributed by atoms with Crippen LogP contribution in [-0.4, -0.2) is 23.4 Å². The summed E-state index contributed by atoms with van der Waals surface area (Å²) in [7, 11) is 0. The highest BCUT2D eigenvalue weighted by Crippen LogP contribution is 2.18. The minimum absolute atomic E-state index is 0.0129. The third-order valence-electron chi connectivity index (χ3n) is 2.18. The van der Waals surface area contributed by atoms with E-state index in [0.717, 1.165) is 19.4 Å². The largest absolute Gasteiger partial charge is 0.326 e. The van der Waals surface area contributed by atoms with Gasteiger partial charge < -0.3 is 4.90 Å². The van der Waals surface area contributed by atoms with Crippen LogP contribution in [0.5, 0.6) is 0 Å². The SMILES string of the molecule is CC(C)C(=O)N1CCC[C@H]1C#N. The van der Waals surface area contributed by atoms with Gasteiger partial charge in [-0.25, -0.2) is 0 Å². The van der Waals surface area contributed by atoms with E-state index in [1.807, 2.05) is 13.8 Å². The molecule has 0 bridgehead atoms. The van der Waals surface area contributed by atoms with Gasteiger partial charge in [0.25, 0.3) is 0 Å². The first kappa shape index (κ1) is 9.05. The van der Waals surface area contributed by atoms with E-state index in [1.54, 1.807) is 4.90 Å². The van der Waals surface area contributed by atoms with Crippen LogP contribution in [0.2, 0.25) is 0 Å². The number of amides is 1. The van der Waals surface area contributed by atoms with E-state index in [9.17, 15) is 4.79 Å². The summed E-state index contributed by atoms with van der Waals surface area (Å²) in [5.74, 6) is 0.123. The Hall–Kier alpha value is -1.04. The molecule has 3 nitrogen and oxygen atoms in total. The summed E-state index contributed by atoms with van der Waals surface area (Å²) in [6.07, 6.45) is 1.81. The molecule has 0 spiro atoms. The van der Waals surface area contributed by atoms with Gasteiger partial charge in [0.15, 0.2) is 0 Å². The predicted molar refractivity (Wildman–Crippen MR) is 45.2 cm³/mol. The van der Waals surface area contributed by atoms with Crippen molar-refractivity contribution in [2.75, 3.05) is 6.54 Å². The highest BCUT2D eigenvalue weighted by atomic mass is 16.2. The Morgan fingerprint density at radius 3 is 2.83 bits per heavy atom. The van der Waals surface area contributed by atoms with E-state index in [1.165, 1.54) is 0 Å². The molecule has 1 aliphatic heterocycles. The first-order valence-corrected chi connectivity index (χ1v) is 4.37. The van der Waals surface area contributed by atoms with Crippen molar-refractivity contribution in [3.63, 3.8) is 0 Å². The topological polar surface area (TPSA) is 44.1 Å². The molecule has 1 saturated heterocycles. The third-order valence-corrected chi connectivity index (χ3v) is 2.18. The molecule has 1 aliphatic rings. The Balaban J connectivity index is 2.63. The smallest absolute Gasteiger partial charge is 0.226 e. The number of nitrogens with zero attached hydrogens (tertiary/aromatic N) is 2. The maximum Gasteiger partial charge on any atom is 0.226 e. The van der Waals surface area contributed by atoms with Crippen LogP contribution in [0.25, 0.3) is 0 Å². The number of likely N-dealkylation sites (tertiary alicyclic amines) is 1. The van der Waals surface area contributed by atoms with Crippen molar-refractivity contribution in [3.8, 4) is 6.07 Å². The Morgan fingerprint density at radius 1 is 1.67 bits per heavy atom. The molecule has 1 atom stereocenters. The fourth-order valence-electron chi connectivity index (χ4n) is 1.50. The summed E-state index contributed by atoms with van der Waals surface area (Å²) in [5.41, 5.74) is 0. The van der Waals surface area contributed by atoms with Crippen molar-refractivity contribution >= 4 is 5.91 Å². The van der Waals surface area contributed by atoms with Crippen LogP contribution in [0.1, 0.15) is 26.7 Å². The molecule has 0 radical (unpaired) electrons. The lowest BCUT2D eigenvalue weighted by Crippen LogP contribution is -2.37. The summed E-state index contributed by atoms with van der Waals surface area (Å²) < 4.78 is 0. The fraction of sp³-hybridized carbons (Fsp3) is 0.778. The molecule has 1 amide bonds.